The molecule has 4 aliphatic rings. The maximum Gasteiger partial charge on any atom is 0.289 e. The molecule has 0 aromatic carbocycles. The number of carbonyl (C=O) groups is 6. The summed E-state index contributed by atoms with van der Waals surface area (Å²) in [6.07, 6.45) is 12.7. The second-order valence-electron chi connectivity index (χ2n) is 16.1. The lowest BCUT2D eigenvalue weighted by atomic mass is 9.81. The number of carbonyl (C=O) groups excluding carboxylic acids is 6. The maximum atomic E-state index is 14.8. The molecule has 13 heteroatoms. The summed E-state index contributed by atoms with van der Waals surface area (Å²) < 4.78 is 1.46. The Morgan fingerprint density at radius 1 is 0.900 bits per heavy atom. The molecule has 1 aromatic rings. The number of fused-ring (bicyclic) bond motifs is 1. The number of Topliss-reactive ketones (excluding diaryl/α,β-unsaturated/α-hetero) is 1. The van der Waals surface area contributed by atoms with Crippen molar-refractivity contribution in [2.45, 2.75) is 154 Å². The van der Waals surface area contributed by atoms with E-state index < -0.39 is 59.0 Å². The predicted molar refractivity (Wildman–Crippen MR) is 186 cm³/mol. The van der Waals surface area contributed by atoms with Gasteiger partial charge in [-0.15, -0.1) is 0 Å². The molecule has 5 rings (SSSR count). The Labute approximate surface area is 295 Å². The fourth-order valence-corrected chi connectivity index (χ4v) is 8.19. The number of ketones is 1. The van der Waals surface area contributed by atoms with Gasteiger partial charge in [-0.25, -0.2) is 0 Å². The lowest BCUT2D eigenvalue weighted by Gasteiger charge is -2.40. The van der Waals surface area contributed by atoms with Gasteiger partial charge in [0, 0.05) is 25.3 Å². The highest BCUT2D eigenvalue weighted by Gasteiger charge is 2.51. The van der Waals surface area contributed by atoms with E-state index in [0.717, 1.165) is 70.6 Å². The van der Waals surface area contributed by atoms with Crippen molar-refractivity contribution in [1.82, 2.24) is 35.9 Å². The van der Waals surface area contributed by atoms with Crippen LogP contribution in [0.5, 0.6) is 0 Å². The molecule has 50 heavy (non-hydrogen) atoms. The monoisotopic (exact) mass is 695 g/mol. The highest BCUT2D eigenvalue weighted by atomic mass is 16.2. The topological polar surface area (TPSA) is 172 Å². The maximum absolute atomic E-state index is 14.8. The Bertz CT molecular complexity index is 1430. The van der Waals surface area contributed by atoms with E-state index >= 15 is 0 Å². The molecule has 2 heterocycles. The third-order valence-corrected chi connectivity index (χ3v) is 11.1. The van der Waals surface area contributed by atoms with Crippen LogP contribution in [0.1, 0.15) is 128 Å². The number of hydrogen-bond donors (Lipinski definition) is 4. The van der Waals surface area contributed by atoms with Gasteiger partial charge < -0.3 is 26.2 Å². The summed E-state index contributed by atoms with van der Waals surface area (Å²) >= 11 is 0. The molecule has 13 nitrogen and oxygen atoms in total. The molecule has 276 valence electrons. The Morgan fingerprint density at radius 2 is 1.58 bits per heavy atom. The van der Waals surface area contributed by atoms with Crippen LogP contribution in [0.3, 0.4) is 0 Å². The van der Waals surface area contributed by atoms with E-state index in [1.807, 2.05) is 27.7 Å². The van der Waals surface area contributed by atoms with E-state index in [-0.39, 0.29) is 29.8 Å². The van der Waals surface area contributed by atoms with E-state index in [0.29, 0.717) is 25.0 Å². The highest BCUT2D eigenvalue weighted by Crippen LogP contribution is 2.41. The third kappa shape index (κ3) is 8.74. The van der Waals surface area contributed by atoms with Crippen molar-refractivity contribution < 1.29 is 28.8 Å². The highest BCUT2D eigenvalue weighted by molar-refractivity contribution is 6.38. The molecular weight excluding hydrogens is 638 g/mol. The Morgan fingerprint density at radius 3 is 2.20 bits per heavy atom. The van der Waals surface area contributed by atoms with Crippen LogP contribution in [0.25, 0.3) is 0 Å². The van der Waals surface area contributed by atoms with Crippen LogP contribution < -0.4 is 21.3 Å². The van der Waals surface area contributed by atoms with E-state index in [2.05, 4.69) is 26.4 Å². The van der Waals surface area contributed by atoms with E-state index in [1.165, 1.54) is 10.9 Å². The molecular formula is C37H57N7O6. The van der Waals surface area contributed by atoms with Crippen molar-refractivity contribution >= 4 is 35.3 Å². The third-order valence-electron chi connectivity index (χ3n) is 11.1. The number of nitrogens with one attached hydrogen (secondary N) is 4. The molecule has 5 amide bonds. The second kappa shape index (κ2) is 16.1. The molecule has 0 spiro atoms. The number of aryl methyl sites for hydroxylation is 1. The fourth-order valence-electron chi connectivity index (χ4n) is 8.19. The smallest absolute Gasteiger partial charge is 0.289 e. The number of aromatic nitrogens is 2. The van der Waals surface area contributed by atoms with Crippen molar-refractivity contribution in [2.24, 2.45) is 24.3 Å². The number of likely N-dealkylation sites (tertiary alicyclic amines) is 1. The minimum Gasteiger partial charge on any atom is -0.347 e. The fraction of sp³-hybridized carbons (Fsp3) is 0.757. The van der Waals surface area contributed by atoms with Gasteiger partial charge in [-0.05, 0) is 74.7 Å². The Kier molecular flexibility index (Phi) is 12.0. The second-order valence-corrected chi connectivity index (χ2v) is 16.1. The average Bonchev–Trinajstić information content (AvgIpc) is 3.65. The number of nitrogens with zero attached hydrogens (tertiary/aromatic N) is 3. The van der Waals surface area contributed by atoms with E-state index in [4.69, 9.17) is 0 Å². The SMILES string of the molecule is CCC[C@H](NC(=O)[C@@H]1CC2CCCCC2N1C(=O)[C@@H](NC(=O)C(NC(=O)c1ccnn1C)C1CCCCC1)C(C)(C)C)C(=O)C(=O)NC1CC1. The van der Waals surface area contributed by atoms with Crippen molar-refractivity contribution in [3.8, 4) is 0 Å². The zero-order valence-corrected chi connectivity index (χ0v) is 30.5. The standard InChI is InChI=1S/C37H57N7O6/c1-6-12-25(30(45)35(49)39-24-17-18-24)40-33(47)28-21-23-15-10-11-16-26(23)44(28)36(50)31(37(2,3)4)42-34(48)29(22-13-8-7-9-14-22)41-32(46)27-19-20-38-43(27)5/h19-20,22-26,28-29,31H,6-18,21H2,1-5H3,(H,39,49)(H,40,47)(H,41,46)(H,42,48)/t23?,25-,26?,28-,29?,31+/m0/s1. The summed E-state index contributed by atoms with van der Waals surface area (Å²) in [4.78, 5) is 84.0. The van der Waals surface area contributed by atoms with Gasteiger partial charge in [-0.1, -0.05) is 66.2 Å². The molecule has 3 saturated carbocycles. The molecule has 0 bridgehead atoms. The van der Waals surface area contributed by atoms with Gasteiger partial charge in [0.25, 0.3) is 11.8 Å². The van der Waals surface area contributed by atoms with Gasteiger partial charge in [-0.3, -0.25) is 33.4 Å². The van der Waals surface area contributed by atoms with Gasteiger partial charge in [0.05, 0.1) is 6.04 Å². The first-order valence-corrected chi connectivity index (χ1v) is 18.9. The van der Waals surface area contributed by atoms with Gasteiger partial charge in [0.1, 0.15) is 23.8 Å². The van der Waals surface area contributed by atoms with Crippen LogP contribution in [0.15, 0.2) is 12.3 Å². The first-order chi connectivity index (χ1) is 23.8. The van der Waals surface area contributed by atoms with Crippen molar-refractivity contribution in [1.29, 1.82) is 0 Å². The number of hydrogen-bond acceptors (Lipinski definition) is 7. The lowest BCUT2D eigenvalue weighted by molar-refractivity contribution is -0.147. The average molecular weight is 696 g/mol. The molecule has 6 atom stereocenters. The van der Waals surface area contributed by atoms with Crippen molar-refractivity contribution in [3.63, 3.8) is 0 Å². The molecule has 3 unspecified atom stereocenters. The van der Waals surface area contributed by atoms with Crippen molar-refractivity contribution in [3.05, 3.63) is 18.0 Å². The zero-order valence-electron chi connectivity index (χ0n) is 30.5. The van der Waals surface area contributed by atoms with Gasteiger partial charge in [0.15, 0.2) is 0 Å². The molecule has 1 aliphatic heterocycles. The first-order valence-electron chi connectivity index (χ1n) is 18.9. The minimum atomic E-state index is -0.983. The van der Waals surface area contributed by atoms with Crippen molar-refractivity contribution in [2.75, 3.05) is 0 Å². The first kappa shape index (κ1) is 37.5. The molecule has 3 aliphatic carbocycles. The molecule has 0 radical (unpaired) electrons. The van der Waals surface area contributed by atoms with Crippen LogP contribution >= 0.6 is 0 Å². The summed E-state index contributed by atoms with van der Waals surface area (Å²) in [6, 6.07) is -2.21. The molecule has 1 aromatic heterocycles. The van der Waals surface area contributed by atoms with E-state index in [9.17, 15) is 28.8 Å². The number of rotatable bonds is 13. The van der Waals surface area contributed by atoms with Gasteiger partial charge in [0.2, 0.25) is 23.5 Å². The minimum absolute atomic E-state index is 0.0150. The molecule has 4 N–H and O–H groups in total. The normalized spacial score (nSPS) is 24.3. The Balaban J connectivity index is 1.38. The van der Waals surface area contributed by atoms with E-state index in [1.54, 1.807) is 18.0 Å². The van der Waals surface area contributed by atoms with Crippen LogP contribution in [-0.4, -0.2) is 86.3 Å². The van der Waals surface area contributed by atoms with Crippen LogP contribution in [0.4, 0.5) is 0 Å². The Hall–Kier alpha value is -3.77. The van der Waals surface area contributed by atoms with Crippen LogP contribution in [-0.2, 0) is 31.0 Å². The quantitative estimate of drug-likeness (QED) is 0.230. The van der Waals surface area contributed by atoms with Crippen LogP contribution in [0, 0.1) is 17.3 Å². The summed E-state index contributed by atoms with van der Waals surface area (Å²) in [5, 5.41) is 15.7. The van der Waals surface area contributed by atoms with Gasteiger partial charge in [-0.2, -0.15) is 5.10 Å². The summed E-state index contributed by atoms with van der Waals surface area (Å²) in [7, 11) is 1.67. The number of amides is 5. The lowest BCUT2D eigenvalue weighted by Crippen LogP contribution is -2.63. The molecule has 4 fully saturated rings. The largest absolute Gasteiger partial charge is 0.347 e. The summed E-state index contributed by atoms with van der Waals surface area (Å²) in [5.74, 6) is -2.93. The zero-order chi connectivity index (χ0) is 36.2. The van der Waals surface area contributed by atoms with Gasteiger partial charge >= 0.3 is 0 Å². The summed E-state index contributed by atoms with van der Waals surface area (Å²) in [6.45, 7) is 7.55. The van der Waals surface area contributed by atoms with Crippen LogP contribution in [0.2, 0.25) is 0 Å². The molecule has 1 saturated heterocycles. The summed E-state index contributed by atoms with van der Waals surface area (Å²) in [5.41, 5.74) is -0.396. The predicted octanol–water partition coefficient (Wildman–Crippen LogP) is 2.92.